The molecule has 3 heteroatoms. The van der Waals surface area contributed by atoms with Crippen LogP contribution in [0.1, 0.15) is 17.0 Å². The Morgan fingerprint density at radius 3 is 3.00 bits per heavy atom. The van der Waals surface area contributed by atoms with Crippen LogP contribution in [0.4, 0.5) is 0 Å². The average molecular weight is 240 g/mol. The van der Waals surface area contributed by atoms with Gasteiger partial charge in [0.15, 0.2) is 0 Å². The van der Waals surface area contributed by atoms with E-state index in [-0.39, 0.29) is 6.04 Å². The van der Waals surface area contributed by atoms with Crippen LogP contribution in [0.2, 0.25) is 0 Å². The fraction of sp³-hybridized carbons (Fsp3) is 0.538. The predicted molar refractivity (Wildman–Crippen MR) is 67.3 cm³/mol. The number of hydrogen-bond donors (Lipinski definition) is 1. The summed E-state index contributed by atoms with van der Waals surface area (Å²) in [5.41, 5.74) is 2.98. The molecule has 0 saturated carbocycles. The van der Waals surface area contributed by atoms with Gasteiger partial charge < -0.3 is 10.1 Å². The molecule has 0 amide bonds. The topological polar surface area (TPSA) is 21.3 Å². The third kappa shape index (κ3) is 2.57. The van der Waals surface area contributed by atoms with E-state index in [9.17, 15) is 0 Å². The van der Waals surface area contributed by atoms with Crippen LogP contribution in [-0.2, 0) is 11.2 Å². The van der Waals surface area contributed by atoms with Gasteiger partial charge in [0.05, 0.1) is 6.61 Å². The minimum atomic E-state index is 0.263. The molecule has 0 aliphatic heterocycles. The van der Waals surface area contributed by atoms with Crippen LogP contribution in [-0.4, -0.2) is 32.2 Å². The number of nitrogens with one attached hydrogen (secondary N) is 1. The second kappa shape index (κ2) is 5.67. The number of rotatable bonds is 6. The van der Waals surface area contributed by atoms with Crippen molar-refractivity contribution in [3.63, 3.8) is 0 Å². The van der Waals surface area contributed by atoms with Crippen molar-refractivity contribution in [1.29, 1.82) is 0 Å². The first-order valence-corrected chi connectivity index (χ1v) is 6.24. The Hall–Kier alpha value is -0.570. The summed E-state index contributed by atoms with van der Waals surface area (Å²) >= 11 is 5.85. The van der Waals surface area contributed by atoms with E-state index in [0.717, 1.165) is 6.54 Å². The maximum Gasteiger partial charge on any atom is 0.0627 e. The molecule has 1 aromatic carbocycles. The lowest BCUT2D eigenvalue weighted by molar-refractivity contribution is 0.172. The molecule has 1 aliphatic rings. The van der Waals surface area contributed by atoms with Crippen LogP contribution in [0.3, 0.4) is 0 Å². The van der Waals surface area contributed by atoms with Crippen LogP contribution in [0.25, 0.3) is 0 Å². The summed E-state index contributed by atoms with van der Waals surface area (Å²) in [4.78, 5) is 0. The van der Waals surface area contributed by atoms with Crippen molar-refractivity contribution in [2.75, 3.05) is 26.1 Å². The van der Waals surface area contributed by atoms with Gasteiger partial charge >= 0.3 is 0 Å². The third-order valence-corrected chi connectivity index (χ3v) is 3.54. The van der Waals surface area contributed by atoms with E-state index in [1.165, 1.54) is 17.5 Å². The fourth-order valence-corrected chi connectivity index (χ4v) is 2.41. The molecule has 0 radical (unpaired) electrons. The van der Waals surface area contributed by atoms with Crippen LogP contribution in [0.5, 0.6) is 0 Å². The Balaban J connectivity index is 1.81. The maximum absolute atomic E-state index is 5.85. The highest BCUT2D eigenvalue weighted by atomic mass is 35.5. The third-order valence-electron chi connectivity index (χ3n) is 3.17. The molecule has 1 aliphatic carbocycles. The van der Waals surface area contributed by atoms with E-state index in [0.29, 0.717) is 18.4 Å². The Morgan fingerprint density at radius 1 is 1.50 bits per heavy atom. The van der Waals surface area contributed by atoms with Crippen molar-refractivity contribution >= 4 is 11.6 Å². The summed E-state index contributed by atoms with van der Waals surface area (Å²) in [7, 11) is 1.71. The fourth-order valence-electron chi connectivity index (χ4n) is 2.21. The molecule has 2 unspecified atom stereocenters. The number of alkyl halides is 1. The highest BCUT2D eigenvalue weighted by molar-refractivity contribution is 6.18. The number of hydrogen-bond acceptors (Lipinski definition) is 2. The van der Waals surface area contributed by atoms with Crippen molar-refractivity contribution in [3.8, 4) is 0 Å². The van der Waals surface area contributed by atoms with E-state index in [1.807, 2.05) is 0 Å². The molecule has 0 bridgehead atoms. The smallest absolute Gasteiger partial charge is 0.0627 e. The summed E-state index contributed by atoms with van der Waals surface area (Å²) in [6.45, 7) is 1.68. The monoisotopic (exact) mass is 239 g/mol. The molecule has 2 nitrogen and oxygen atoms in total. The van der Waals surface area contributed by atoms with Crippen molar-refractivity contribution in [3.05, 3.63) is 35.4 Å². The maximum atomic E-state index is 5.85. The lowest BCUT2D eigenvalue weighted by Crippen LogP contribution is -2.39. The molecular formula is C13H18ClNO. The van der Waals surface area contributed by atoms with Gasteiger partial charge in [0.2, 0.25) is 0 Å². The Labute approximate surface area is 102 Å². The molecule has 1 N–H and O–H groups in total. The van der Waals surface area contributed by atoms with E-state index < -0.39 is 0 Å². The summed E-state index contributed by atoms with van der Waals surface area (Å²) in [5, 5.41) is 3.46. The molecular weight excluding hydrogens is 222 g/mol. The second-order valence-electron chi connectivity index (χ2n) is 4.31. The Kier molecular flexibility index (Phi) is 4.22. The van der Waals surface area contributed by atoms with E-state index in [1.54, 1.807) is 7.11 Å². The normalized spacial score (nSPS) is 20.0. The minimum Gasteiger partial charge on any atom is -0.383 e. The number of methoxy groups -OCH3 is 1. The van der Waals surface area contributed by atoms with Gasteiger partial charge in [-0.15, -0.1) is 11.6 Å². The first-order valence-electron chi connectivity index (χ1n) is 5.71. The van der Waals surface area contributed by atoms with Crippen LogP contribution in [0, 0.1) is 0 Å². The summed E-state index contributed by atoms with van der Waals surface area (Å²) in [6.07, 6.45) is 1.19. The minimum absolute atomic E-state index is 0.263. The molecule has 88 valence electrons. The van der Waals surface area contributed by atoms with Crippen LogP contribution >= 0.6 is 11.6 Å². The van der Waals surface area contributed by atoms with Gasteiger partial charge in [-0.1, -0.05) is 24.3 Å². The zero-order chi connectivity index (χ0) is 11.4. The van der Waals surface area contributed by atoms with Crippen molar-refractivity contribution in [2.24, 2.45) is 0 Å². The lowest BCUT2D eigenvalue weighted by Gasteiger charge is -2.31. The largest absolute Gasteiger partial charge is 0.383 e. The van der Waals surface area contributed by atoms with Gasteiger partial charge in [0.1, 0.15) is 0 Å². The average Bonchev–Trinajstić information content (AvgIpc) is 2.29. The van der Waals surface area contributed by atoms with Gasteiger partial charge in [-0.3, -0.25) is 0 Å². The quantitative estimate of drug-likeness (QED) is 0.769. The van der Waals surface area contributed by atoms with Crippen molar-refractivity contribution in [1.82, 2.24) is 5.32 Å². The van der Waals surface area contributed by atoms with Gasteiger partial charge in [-0.2, -0.15) is 0 Å². The standard InChI is InChI=1S/C13H18ClNO/c1-16-9-12(7-14)15-8-11-6-10-4-2-3-5-13(10)11/h2-5,11-12,15H,6-9H2,1H3. The first-order chi connectivity index (χ1) is 7.85. The van der Waals surface area contributed by atoms with Gasteiger partial charge in [0.25, 0.3) is 0 Å². The molecule has 2 rings (SSSR count). The lowest BCUT2D eigenvalue weighted by atomic mass is 9.77. The number of fused-ring (bicyclic) bond motifs is 1. The summed E-state index contributed by atoms with van der Waals surface area (Å²) in [5.74, 6) is 1.25. The number of ether oxygens (including phenoxy) is 1. The molecule has 1 aromatic rings. The van der Waals surface area contributed by atoms with Gasteiger partial charge in [0, 0.05) is 31.5 Å². The van der Waals surface area contributed by atoms with Crippen LogP contribution < -0.4 is 5.32 Å². The van der Waals surface area contributed by atoms with Crippen molar-refractivity contribution in [2.45, 2.75) is 18.4 Å². The van der Waals surface area contributed by atoms with Gasteiger partial charge in [-0.25, -0.2) is 0 Å². The predicted octanol–water partition coefficient (Wildman–Crippen LogP) is 2.17. The highest BCUT2D eigenvalue weighted by Gasteiger charge is 2.25. The molecule has 2 atom stereocenters. The molecule has 0 aromatic heterocycles. The number of benzene rings is 1. The van der Waals surface area contributed by atoms with Gasteiger partial charge in [-0.05, 0) is 17.5 Å². The Morgan fingerprint density at radius 2 is 2.31 bits per heavy atom. The Bertz CT molecular complexity index is 342. The van der Waals surface area contributed by atoms with E-state index in [4.69, 9.17) is 16.3 Å². The summed E-state index contributed by atoms with van der Waals surface area (Å²) < 4.78 is 5.10. The second-order valence-corrected chi connectivity index (χ2v) is 4.62. The molecule has 0 spiro atoms. The van der Waals surface area contributed by atoms with Crippen molar-refractivity contribution < 1.29 is 4.74 Å². The summed E-state index contributed by atoms with van der Waals surface area (Å²) in [6, 6.07) is 8.91. The molecule has 0 fully saturated rings. The molecule has 0 heterocycles. The van der Waals surface area contributed by atoms with E-state index in [2.05, 4.69) is 29.6 Å². The van der Waals surface area contributed by atoms with Crippen LogP contribution in [0.15, 0.2) is 24.3 Å². The molecule has 0 saturated heterocycles. The molecule has 16 heavy (non-hydrogen) atoms. The van der Waals surface area contributed by atoms with E-state index >= 15 is 0 Å². The SMILES string of the molecule is COCC(CCl)NCC1Cc2ccccc21. The zero-order valence-electron chi connectivity index (χ0n) is 9.58. The highest BCUT2D eigenvalue weighted by Crippen LogP contribution is 2.34. The first kappa shape index (κ1) is 11.9. The zero-order valence-corrected chi connectivity index (χ0v) is 10.3. The number of halogens is 1.